The summed E-state index contributed by atoms with van der Waals surface area (Å²) in [6.45, 7) is 5.40. The highest BCUT2D eigenvalue weighted by Crippen LogP contribution is 2.54. The Hall–Kier alpha value is -0.610. The van der Waals surface area contributed by atoms with Crippen molar-refractivity contribution in [1.82, 2.24) is 5.32 Å². The fourth-order valence-corrected chi connectivity index (χ4v) is 2.41. The molecule has 0 aromatic carbocycles. The largest absolute Gasteiger partial charge is 0.389 e. The summed E-state index contributed by atoms with van der Waals surface area (Å²) in [7, 11) is 0. The number of aliphatic hydroxyl groups excluding tert-OH is 1. The summed E-state index contributed by atoms with van der Waals surface area (Å²) in [5.41, 5.74) is 0. The summed E-state index contributed by atoms with van der Waals surface area (Å²) in [6, 6.07) is 0. The van der Waals surface area contributed by atoms with E-state index in [9.17, 15) is 9.90 Å². The van der Waals surface area contributed by atoms with E-state index in [0.29, 0.717) is 31.6 Å². The van der Waals surface area contributed by atoms with Gasteiger partial charge in [0.25, 0.3) is 0 Å². The van der Waals surface area contributed by atoms with Gasteiger partial charge in [0.2, 0.25) is 5.91 Å². The number of carbonyl (C=O) groups excluding carboxylic acids is 1. The molecule has 3 atom stereocenters. The van der Waals surface area contributed by atoms with Gasteiger partial charge in [0.1, 0.15) is 0 Å². The van der Waals surface area contributed by atoms with Gasteiger partial charge in [-0.05, 0) is 37.0 Å². The molecular formula is C14H25NO3. The van der Waals surface area contributed by atoms with Crippen LogP contribution in [0.5, 0.6) is 0 Å². The SMILES string of the molecule is CC(C)COCC(O)CNC(=O)C1CC1C1CC1. The third-order valence-electron chi connectivity index (χ3n) is 3.68. The molecule has 0 aliphatic heterocycles. The Balaban J connectivity index is 1.52. The van der Waals surface area contributed by atoms with Crippen molar-refractivity contribution < 1.29 is 14.6 Å². The van der Waals surface area contributed by atoms with E-state index in [-0.39, 0.29) is 11.8 Å². The highest BCUT2D eigenvalue weighted by Gasteiger charge is 2.50. The second kappa shape index (κ2) is 6.02. The van der Waals surface area contributed by atoms with E-state index < -0.39 is 6.10 Å². The van der Waals surface area contributed by atoms with Gasteiger partial charge in [-0.15, -0.1) is 0 Å². The van der Waals surface area contributed by atoms with Gasteiger partial charge in [0.05, 0.1) is 12.7 Å². The monoisotopic (exact) mass is 255 g/mol. The molecule has 0 aromatic heterocycles. The van der Waals surface area contributed by atoms with E-state index in [0.717, 1.165) is 12.3 Å². The quantitative estimate of drug-likeness (QED) is 0.685. The molecule has 0 bridgehead atoms. The Morgan fingerprint density at radius 2 is 2.11 bits per heavy atom. The predicted molar refractivity (Wildman–Crippen MR) is 69.0 cm³/mol. The number of ether oxygens (including phenoxy) is 1. The first kappa shape index (κ1) is 13.8. The van der Waals surface area contributed by atoms with Crippen molar-refractivity contribution in [3.63, 3.8) is 0 Å². The van der Waals surface area contributed by atoms with Crippen LogP contribution in [-0.2, 0) is 9.53 Å². The first-order valence-corrected chi connectivity index (χ1v) is 7.11. The molecule has 4 nitrogen and oxygen atoms in total. The van der Waals surface area contributed by atoms with Crippen LogP contribution in [0.1, 0.15) is 33.1 Å². The van der Waals surface area contributed by atoms with E-state index in [1.54, 1.807) is 0 Å². The standard InChI is InChI=1S/C14H25NO3/c1-9(2)7-18-8-11(16)6-15-14(17)13-5-12(13)10-3-4-10/h9-13,16H,3-8H2,1-2H3,(H,15,17). The maximum Gasteiger partial charge on any atom is 0.223 e. The minimum absolute atomic E-state index is 0.120. The van der Waals surface area contributed by atoms with Crippen molar-refractivity contribution in [2.24, 2.45) is 23.7 Å². The Bertz CT molecular complexity index is 289. The Morgan fingerprint density at radius 1 is 1.39 bits per heavy atom. The maximum atomic E-state index is 11.8. The Morgan fingerprint density at radius 3 is 2.72 bits per heavy atom. The Kier molecular flexibility index (Phi) is 4.62. The van der Waals surface area contributed by atoms with Crippen molar-refractivity contribution in [1.29, 1.82) is 0 Å². The van der Waals surface area contributed by atoms with Crippen LogP contribution in [0, 0.1) is 23.7 Å². The summed E-state index contributed by atoms with van der Waals surface area (Å²) >= 11 is 0. The number of amides is 1. The van der Waals surface area contributed by atoms with Crippen LogP contribution in [0.4, 0.5) is 0 Å². The summed E-state index contributed by atoms with van der Waals surface area (Å²) in [4.78, 5) is 11.8. The fourth-order valence-electron chi connectivity index (χ4n) is 2.41. The lowest BCUT2D eigenvalue weighted by molar-refractivity contribution is -0.123. The van der Waals surface area contributed by atoms with E-state index >= 15 is 0 Å². The lowest BCUT2D eigenvalue weighted by Gasteiger charge is -2.13. The minimum Gasteiger partial charge on any atom is -0.389 e. The highest BCUT2D eigenvalue weighted by molar-refractivity contribution is 5.81. The molecule has 2 rings (SSSR count). The van der Waals surface area contributed by atoms with Gasteiger partial charge in [-0.25, -0.2) is 0 Å². The number of hydrogen-bond acceptors (Lipinski definition) is 3. The molecule has 2 fully saturated rings. The number of carbonyl (C=O) groups is 1. The second-order valence-electron chi connectivity index (χ2n) is 6.17. The second-order valence-corrected chi connectivity index (χ2v) is 6.17. The molecule has 2 N–H and O–H groups in total. The summed E-state index contributed by atoms with van der Waals surface area (Å²) in [5.74, 6) is 2.27. The van der Waals surface area contributed by atoms with E-state index in [4.69, 9.17) is 4.74 Å². The smallest absolute Gasteiger partial charge is 0.223 e. The molecule has 2 aliphatic rings. The van der Waals surface area contributed by atoms with Crippen molar-refractivity contribution in [2.75, 3.05) is 19.8 Å². The van der Waals surface area contributed by atoms with Gasteiger partial charge in [0.15, 0.2) is 0 Å². The molecule has 2 aliphatic carbocycles. The average Bonchev–Trinajstić information content (AvgIpc) is 3.15. The highest BCUT2D eigenvalue weighted by atomic mass is 16.5. The molecule has 2 saturated carbocycles. The lowest BCUT2D eigenvalue weighted by Crippen LogP contribution is -2.36. The number of aliphatic hydroxyl groups is 1. The van der Waals surface area contributed by atoms with Crippen LogP contribution >= 0.6 is 0 Å². The molecular weight excluding hydrogens is 230 g/mol. The topological polar surface area (TPSA) is 58.6 Å². The van der Waals surface area contributed by atoms with E-state index in [1.807, 2.05) is 0 Å². The van der Waals surface area contributed by atoms with Gasteiger partial charge in [0, 0.05) is 19.1 Å². The zero-order valence-electron chi connectivity index (χ0n) is 11.4. The molecule has 104 valence electrons. The molecule has 0 aromatic rings. The molecule has 0 saturated heterocycles. The van der Waals surface area contributed by atoms with Crippen molar-refractivity contribution in [2.45, 2.75) is 39.2 Å². The van der Waals surface area contributed by atoms with E-state index in [1.165, 1.54) is 12.8 Å². The first-order chi connectivity index (χ1) is 8.58. The van der Waals surface area contributed by atoms with Crippen molar-refractivity contribution >= 4 is 5.91 Å². The molecule has 18 heavy (non-hydrogen) atoms. The molecule has 3 unspecified atom stereocenters. The van der Waals surface area contributed by atoms with Crippen molar-refractivity contribution in [3.8, 4) is 0 Å². The third kappa shape index (κ3) is 4.25. The predicted octanol–water partition coefficient (Wildman–Crippen LogP) is 1.18. The zero-order valence-corrected chi connectivity index (χ0v) is 11.4. The van der Waals surface area contributed by atoms with Gasteiger partial charge >= 0.3 is 0 Å². The molecule has 0 radical (unpaired) electrons. The van der Waals surface area contributed by atoms with Crippen LogP contribution < -0.4 is 5.32 Å². The van der Waals surface area contributed by atoms with Crippen LogP contribution in [-0.4, -0.2) is 36.9 Å². The molecule has 0 heterocycles. The molecule has 4 heteroatoms. The fraction of sp³-hybridized carbons (Fsp3) is 0.929. The normalized spacial score (nSPS) is 28.2. The number of hydrogen-bond donors (Lipinski definition) is 2. The number of rotatable bonds is 8. The number of nitrogens with one attached hydrogen (secondary N) is 1. The molecule has 0 spiro atoms. The average molecular weight is 255 g/mol. The zero-order chi connectivity index (χ0) is 13.1. The van der Waals surface area contributed by atoms with E-state index in [2.05, 4.69) is 19.2 Å². The van der Waals surface area contributed by atoms with Crippen LogP contribution in [0.15, 0.2) is 0 Å². The van der Waals surface area contributed by atoms with Crippen LogP contribution in [0.25, 0.3) is 0 Å². The maximum absolute atomic E-state index is 11.8. The van der Waals surface area contributed by atoms with Gasteiger partial charge in [-0.2, -0.15) is 0 Å². The lowest BCUT2D eigenvalue weighted by atomic mass is 10.2. The first-order valence-electron chi connectivity index (χ1n) is 7.11. The summed E-state index contributed by atoms with van der Waals surface area (Å²) in [5, 5.41) is 12.5. The van der Waals surface area contributed by atoms with Gasteiger partial charge in [-0.1, -0.05) is 13.8 Å². The summed E-state index contributed by atoms with van der Waals surface area (Å²) in [6.07, 6.45) is 3.07. The van der Waals surface area contributed by atoms with Crippen molar-refractivity contribution in [3.05, 3.63) is 0 Å². The minimum atomic E-state index is -0.592. The van der Waals surface area contributed by atoms with Gasteiger partial charge in [-0.3, -0.25) is 4.79 Å². The Labute approximate surface area is 109 Å². The molecule has 1 amide bonds. The van der Waals surface area contributed by atoms with Crippen LogP contribution in [0.2, 0.25) is 0 Å². The van der Waals surface area contributed by atoms with Gasteiger partial charge < -0.3 is 15.2 Å². The van der Waals surface area contributed by atoms with Crippen LogP contribution in [0.3, 0.4) is 0 Å². The summed E-state index contributed by atoms with van der Waals surface area (Å²) < 4.78 is 5.33. The third-order valence-corrected chi connectivity index (χ3v) is 3.68.